The predicted molar refractivity (Wildman–Crippen MR) is 72.2 cm³/mol. The summed E-state index contributed by atoms with van der Waals surface area (Å²) in [5.74, 6) is -1.37. The van der Waals surface area contributed by atoms with E-state index < -0.39 is 11.8 Å². The Bertz CT molecular complexity index is 603. The number of nitrogens with one attached hydrogen (secondary N) is 1. The number of rotatable bonds is 5. The highest BCUT2D eigenvalue weighted by Gasteiger charge is 2.06. The average Bonchev–Trinajstić information content (AvgIpc) is 2.77. The van der Waals surface area contributed by atoms with Gasteiger partial charge in [0.1, 0.15) is 5.82 Å². The molecule has 1 aromatic carbocycles. The van der Waals surface area contributed by atoms with Crippen LogP contribution in [0.5, 0.6) is 0 Å². The molecule has 1 heterocycles. The molecule has 0 aliphatic carbocycles. The van der Waals surface area contributed by atoms with E-state index in [1.165, 1.54) is 23.5 Å². The van der Waals surface area contributed by atoms with Gasteiger partial charge in [-0.1, -0.05) is 17.7 Å². The lowest BCUT2D eigenvalue weighted by atomic mass is 10.2. The summed E-state index contributed by atoms with van der Waals surface area (Å²) in [6.07, 6.45) is -0.0967. The van der Waals surface area contributed by atoms with Crippen LogP contribution in [0.3, 0.4) is 0 Å². The third-order valence-corrected chi connectivity index (χ3v) is 3.45. The summed E-state index contributed by atoms with van der Waals surface area (Å²) in [5, 5.41) is 14.1. The van der Waals surface area contributed by atoms with Crippen LogP contribution < -0.4 is 5.32 Å². The first-order valence-electron chi connectivity index (χ1n) is 5.38. The number of thiazole rings is 1. The molecule has 0 aliphatic rings. The summed E-state index contributed by atoms with van der Waals surface area (Å²) in [6.45, 7) is 0.444. The number of carbonyl (C=O) groups is 1. The lowest BCUT2D eigenvalue weighted by Gasteiger charge is -2.03. The van der Waals surface area contributed by atoms with Gasteiger partial charge < -0.3 is 10.4 Å². The van der Waals surface area contributed by atoms with Gasteiger partial charge in [-0.25, -0.2) is 9.37 Å². The van der Waals surface area contributed by atoms with Crippen molar-refractivity contribution >= 4 is 34.0 Å². The minimum atomic E-state index is -0.915. The minimum Gasteiger partial charge on any atom is -0.481 e. The highest BCUT2D eigenvalue weighted by molar-refractivity contribution is 7.13. The van der Waals surface area contributed by atoms with Crippen LogP contribution in [0.1, 0.15) is 11.3 Å². The zero-order valence-electron chi connectivity index (χ0n) is 9.69. The van der Waals surface area contributed by atoms with E-state index in [1.54, 1.807) is 11.4 Å². The van der Waals surface area contributed by atoms with E-state index in [2.05, 4.69) is 10.3 Å². The van der Waals surface area contributed by atoms with Gasteiger partial charge in [-0.05, 0) is 17.7 Å². The first-order valence-corrected chi connectivity index (χ1v) is 6.64. The second kappa shape index (κ2) is 5.99. The molecule has 0 saturated heterocycles. The Morgan fingerprint density at radius 1 is 1.53 bits per heavy atom. The van der Waals surface area contributed by atoms with Gasteiger partial charge in [0.25, 0.3) is 0 Å². The number of anilines is 1. The number of carboxylic acids is 1. The number of benzene rings is 1. The zero-order valence-corrected chi connectivity index (χ0v) is 11.3. The topological polar surface area (TPSA) is 62.2 Å². The zero-order chi connectivity index (χ0) is 13.8. The fourth-order valence-corrected chi connectivity index (χ4v) is 2.36. The maximum atomic E-state index is 13.0. The van der Waals surface area contributed by atoms with E-state index in [9.17, 15) is 9.18 Å². The Kier molecular flexibility index (Phi) is 4.34. The van der Waals surface area contributed by atoms with Crippen LogP contribution in [0, 0.1) is 5.82 Å². The molecule has 0 saturated carbocycles. The van der Waals surface area contributed by atoms with Crippen LogP contribution >= 0.6 is 22.9 Å². The molecule has 7 heteroatoms. The molecule has 4 nitrogen and oxygen atoms in total. The summed E-state index contributed by atoms with van der Waals surface area (Å²) < 4.78 is 13.0. The SMILES string of the molecule is O=C(O)Cc1csc(NCc2ccc(F)c(Cl)c2)n1. The monoisotopic (exact) mass is 300 g/mol. The molecule has 100 valence electrons. The molecule has 0 amide bonds. The molecule has 2 rings (SSSR count). The summed E-state index contributed by atoms with van der Waals surface area (Å²) in [7, 11) is 0. The molecular weight excluding hydrogens is 291 g/mol. The van der Waals surface area contributed by atoms with Crippen LogP contribution in [0.2, 0.25) is 5.02 Å². The van der Waals surface area contributed by atoms with Gasteiger partial charge in [0, 0.05) is 11.9 Å². The molecule has 0 unspecified atom stereocenters. The summed E-state index contributed by atoms with van der Waals surface area (Å²) in [5.41, 5.74) is 1.33. The van der Waals surface area contributed by atoms with Gasteiger partial charge in [0.15, 0.2) is 5.13 Å². The standard InChI is InChI=1S/C12H10ClFN2O2S/c13-9-3-7(1-2-10(9)14)5-15-12-16-8(6-19-12)4-11(17)18/h1-3,6H,4-5H2,(H,15,16)(H,17,18). The molecule has 1 aromatic heterocycles. The number of halogens is 2. The van der Waals surface area contributed by atoms with Gasteiger partial charge in [-0.2, -0.15) is 0 Å². The molecule has 0 spiro atoms. The molecule has 0 aliphatic heterocycles. The number of hydrogen-bond acceptors (Lipinski definition) is 4. The summed E-state index contributed by atoms with van der Waals surface area (Å²) in [4.78, 5) is 14.6. The average molecular weight is 301 g/mol. The maximum Gasteiger partial charge on any atom is 0.309 e. The second-order valence-electron chi connectivity index (χ2n) is 3.82. The smallest absolute Gasteiger partial charge is 0.309 e. The molecule has 0 fully saturated rings. The molecule has 0 bridgehead atoms. The number of hydrogen-bond donors (Lipinski definition) is 2. The maximum absolute atomic E-state index is 13.0. The van der Waals surface area contributed by atoms with Gasteiger partial charge >= 0.3 is 5.97 Å². The van der Waals surface area contributed by atoms with Crippen molar-refractivity contribution in [2.45, 2.75) is 13.0 Å². The van der Waals surface area contributed by atoms with Crippen molar-refractivity contribution in [1.82, 2.24) is 4.98 Å². The summed E-state index contributed by atoms with van der Waals surface area (Å²) >= 11 is 7.00. The van der Waals surface area contributed by atoms with Gasteiger partial charge in [-0.3, -0.25) is 4.79 Å². The van der Waals surface area contributed by atoms with E-state index in [0.717, 1.165) is 5.56 Å². The Labute approximate surface area is 117 Å². The summed E-state index contributed by atoms with van der Waals surface area (Å²) in [6, 6.07) is 4.46. The van der Waals surface area contributed by atoms with Crippen LogP contribution in [0.15, 0.2) is 23.6 Å². The normalized spacial score (nSPS) is 10.4. The Hall–Kier alpha value is -1.66. The van der Waals surface area contributed by atoms with E-state index in [4.69, 9.17) is 16.7 Å². The third kappa shape index (κ3) is 3.90. The van der Waals surface area contributed by atoms with Crippen molar-refractivity contribution in [3.63, 3.8) is 0 Å². The lowest BCUT2D eigenvalue weighted by molar-refractivity contribution is -0.136. The molecule has 19 heavy (non-hydrogen) atoms. The Morgan fingerprint density at radius 3 is 3.00 bits per heavy atom. The number of nitrogens with zero attached hydrogens (tertiary/aromatic N) is 1. The van der Waals surface area contributed by atoms with Crippen LogP contribution in [0.4, 0.5) is 9.52 Å². The third-order valence-electron chi connectivity index (χ3n) is 2.31. The van der Waals surface area contributed by atoms with Crippen molar-refractivity contribution < 1.29 is 14.3 Å². The molecule has 0 radical (unpaired) electrons. The fraction of sp³-hybridized carbons (Fsp3) is 0.167. The number of aromatic nitrogens is 1. The van der Waals surface area contributed by atoms with Crippen molar-refractivity contribution in [3.8, 4) is 0 Å². The first kappa shape index (κ1) is 13.8. The first-order chi connectivity index (χ1) is 9.04. The Balaban J connectivity index is 1.96. The van der Waals surface area contributed by atoms with Crippen molar-refractivity contribution in [2.75, 3.05) is 5.32 Å². The second-order valence-corrected chi connectivity index (χ2v) is 5.08. The molecule has 2 aromatic rings. The van der Waals surface area contributed by atoms with Gasteiger partial charge in [-0.15, -0.1) is 11.3 Å². The number of aliphatic carboxylic acids is 1. The van der Waals surface area contributed by atoms with E-state index in [-0.39, 0.29) is 11.4 Å². The predicted octanol–water partition coefficient (Wildman–Crippen LogP) is 3.17. The van der Waals surface area contributed by atoms with Crippen LogP contribution in [0.25, 0.3) is 0 Å². The lowest BCUT2D eigenvalue weighted by Crippen LogP contribution is -2.02. The van der Waals surface area contributed by atoms with E-state index in [0.29, 0.717) is 17.4 Å². The van der Waals surface area contributed by atoms with Crippen molar-refractivity contribution in [2.24, 2.45) is 0 Å². The number of carboxylic acid groups (broad SMARTS) is 1. The van der Waals surface area contributed by atoms with Crippen molar-refractivity contribution in [3.05, 3.63) is 45.7 Å². The van der Waals surface area contributed by atoms with Crippen molar-refractivity contribution in [1.29, 1.82) is 0 Å². The largest absolute Gasteiger partial charge is 0.481 e. The molecule has 2 N–H and O–H groups in total. The van der Waals surface area contributed by atoms with E-state index in [1.807, 2.05) is 0 Å². The fourth-order valence-electron chi connectivity index (χ4n) is 1.45. The quantitative estimate of drug-likeness (QED) is 0.890. The van der Waals surface area contributed by atoms with E-state index >= 15 is 0 Å². The minimum absolute atomic E-state index is 0.0741. The highest BCUT2D eigenvalue weighted by Crippen LogP contribution is 2.19. The van der Waals surface area contributed by atoms with Crippen LogP contribution in [-0.2, 0) is 17.8 Å². The molecule has 0 atom stereocenters. The Morgan fingerprint density at radius 2 is 2.32 bits per heavy atom. The van der Waals surface area contributed by atoms with Gasteiger partial charge in [0.2, 0.25) is 0 Å². The van der Waals surface area contributed by atoms with Crippen LogP contribution in [-0.4, -0.2) is 16.1 Å². The van der Waals surface area contributed by atoms with Gasteiger partial charge in [0.05, 0.1) is 17.1 Å². The molecular formula is C12H10ClFN2O2S. The highest BCUT2D eigenvalue weighted by atomic mass is 35.5.